The first kappa shape index (κ1) is 17.4. The van der Waals surface area contributed by atoms with E-state index >= 15 is 0 Å². The molecular formula is C16H21ClN4O2. The number of benzene rings is 1. The van der Waals surface area contributed by atoms with E-state index in [0.717, 1.165) is 24.9 Å². The van der Waals surface area contributed by atoms with Crippen LogP contribution in [0.15, 0.2) is 34.9 Å². The van der Waals surface area contributed by atoms with Crippen LogP contribution in [0.3, 0.4) is 0 Å². The van der Waals surface area contributed by atoms with Gasteiger partial charge in [0.2, 0.25) is 11.8 Å². The van der Waals surface area contributed by atoms with E-state index in [0.29, 0.717) is 18.1 Å². The van der Waals surface area contributed by atoms with Gasteiger partial charge in [-0.2, -0.15) is 4.98 Å². The Morgan fingerprint density at radius 2 is 2.22 bits per heavy atom. The number of rotatable bonds is 5. The van der Waals surface area contributed by atoms with Crippen LogP contribution < -0.4 is 10.6 Å². The number of nitrogens with one attached hydrogen (secondary N) is 2. The molecule has 2 N–H and O–H groups in total. The molecule has 1 aliphatic heterocycles. The lowest BCUT2D eigenvalue weighted by molar-refractivity contribution is -0.123. The summed E-state index contributed by atoms with van der Waals surface area (Å²) in [5, 5.41) is 10.1. The van der Waals surface area contributed by atoms with Gasteiger partial charge in [-0.1, -0.05) is 35.5 Å². The highest BCUT2D eigenvalue weighted by Gasteiger charge is 2.25. The molecule has 0 spiro atoms. The molecule has 3 rings (SSSR count). The van der Waals surface area contributed by atoms with E-state index in [1.807, 2.05) is 37.3 Å². The molecule has 6 nitrogen and oxygen atoms in total. The van der Waals surface area contributed by atoms with Gasteiger partial charge in [-0.3, -0.25) is 4.79 Å². The number of hydrogen-bond acceptors (Lipinski definition) is 5. The molecule has 2 unspecified atom stereocenters. The highest BCUT2D eigenvalue weighted by atomic mass is 35.5. The summed E-state index contributed by atoms with van der Waals surface area (Å²) in [4.78, 5) is 16.4. The van der Waals surface area contributed by atoms with Gasteiger partial charge < -0.3 is 15.2 Å². The third kappa shape index (κ3) is 4.53. The van der Waals surface area contributed by atoms with Gasteiger partial charge in [0.1, 0.15) is 6.04 Å². The summed E-state index contributed by atoms with van der Waals surface area (Å²) in [6.07, 6.45) is 2.53. The molecule has 2 heterocycles. The van der Waals surface area contributed by atoms with Gasteiger partial charge in [-0.25, -0.2) is 0 Å². The maximum Gasteiger partial charge on any atom is 0.248 e. The molecule has 7 heteroatoms. The molecule has 1 saturated heterocycles. The fraction of sp³-hybridized carbons (Fsp3) is 0.438. The van der Waals surface area contributed by atoms with E-state index in [9.17, 15) is 4.79 Å². The molecule has 0 saturated carbocycles. The van der Waals surface area contributed by atoms with Crippen LogP contribution in [0.2, 0.25) is 0 Å². The Bertz CT molecular complexity index is 626. The van der Waals surface area contributed by atoms with E-state index in [4.69, 9.17) is 4.52 Å². The lowest BCUT2D eigenvalue weighted by Crippen LogP contribution is -2.41. The summed E-state index contributed by atoms with van der Waals surface area (Å²) < 4.78 is 5.27. The zero-order chi connectivity index (χ0) is 15.4. The molecule has 124 valence electrons. The summed E-state index contributed by atoms with van der Waals surface area (Å²) in [7, 11) is 0. The van der Waals surface area contributed by atoms with Crippen molar-refractivity contribution in [2.24, 2.45) is 0 Å². The number of carbonyl (C=O) groups is 1. The van der Waals surface area contributed by atoms with Crippen LogP contribution in [0.25, 0.3) is 0 Å². The molecule has 2 aromatic rings. The minimum atomic E-state index is -0.285. The molecule has 2 atom stereocenters. The zero-order valence-corrected chi connectivity index (χ0v) is 13.8. The molecule has 23 heavy (non-hydrogen) atoms. The Hall–Kier alpha value is -1.92. The Labute approximate surface area is 141 Å². The number of aromatic nitrogens is 2. The molecule has 0 bridgehead atoms. The zero-order valence-electron chi connectivity index (χ0n) is 13.0. The third-order valence-corrected chi connectivity index (χ3v) is 3.79. The van der Waals surface area contributed by atoms with Crippen molar-refractivity contribution in [1.82, 2.24) is 20.8 Å². The van der Waals surface area contributed by atoms with Crippen molar-refractivity contribution in [3.63, 3.8) is 0 Å². The molecule has 1 aromatic carbocycles. The molecule has 1 aromatic heterocycles. The van der Waals surface area contributed by atoms with Gasteiger partial charge in [0.15, 0.2) is 5.82 Å². The van der Waals surface area contributed by atoms with Gasteiger partial charge >= 0.3 is 0 Å². The minimum absolute atomic E-state index is 0. The van der Waals surface area contributed by atoms with Crippen molar-refractivity contribution in [2.45, 2.75) is 38.3 Å². The predicted octanol–water partition coefficient (Wildman–Crippen LogP) is 2.01. The van der Waals surface area contributed by atoms with Crippen molar-refractivity contribution >= 4 is 18.3 Å². The van der Waals surface area contributed by atoms with E-state index < -0.39 is 0 Å². The maximum atomic E-state index is 12.1. The molecule has 1 fully saturated rings. The molecule has 1 aliphatic rings. The molecule has 0 radical (unpaired) electrons. The third-order valence-electron chi connectivity index (χ3n) is 3.79. The second-order valence-corrected chi connectivity index (χ2v) is 5.59. The van der Waals surface area contributed by atoms with Crippen molar-refractivity contribution in [2.75, 3.05) is 6.54 Å². The standard InChI is InChI=1S/C16H20N4O2.ClH/c1-11(18-15(21)13-8-5-9-17-13)16-19-14(20-22-16)10-12-6-3-2-4-7-12;/h2-4,6-7,11,13,17H,5,8-10H2,1H3,(H,18,21);1H. The van der Waals surface area contributed by atoms with Crippen LogP contribution in [0.1, 0.15) is 43.1 Å². The Morgan fingerprint density at radius 3 is 2.91 bits per heavy atom. The first-order valence-corrected chi connectivity index (χ1v) is 7.62. The second-order valence-electron chi connectivity index (χ2n) is 5.59. The minimum Gasteiger partial charge on any atom is -0.343 e. The highest BCUT2D eigenvalue weighted by molar-refractivity contribution is 5.85. The highest BCUT2D eigenvalue weighted by Crippen LogP contribution is 2.13. The number of hydrogen-bond donors (Lipinski definition) is 2. The quantitative estimate of drug-likeness (QED) is 0.873. The number of amides is 1. The summed E-state index contributed by atoms with van der Waals surface area (Å²) in [5.74, 6) is 1.06. The predicted molar refractivity (Wildman–Crippen MR) is 88.4 cm³/mol. The Morgan fingerprint density at radius 1 is 1.43 bits per heavy atom. The van der Waals surface area contributed by atoms with Gasteiger partial charge in [0, 0.05) is 6.42 Å². The van der Waals surface area contributed by atoms with Crippen LogP contribution in [-0.2, 0) is 11.2 Å². The summed E-state index contributed by atoms with van der Waals surface area (Å²) in [6, 6.07) is 9.59. The van der Waals surface area contributed by atoms with Crippen molar-refractivity contribution in [3.8, 4) is 0 Å². The summed E-state index contributed by atoms with van der Waals surface area (Å²) >= 11 is 0. The van der Waals surface area contributed by atoms with Crippen LogP contribution in [0.5, 0.6) is 0 Å². The van der Waals surface area contributed by atoms with Crippen LogP contribution in [-0.4, -0.2) is 28.6 Å². The average Bonchev–Trinajstić information content (AvgIpc) is 3.19. The SMILES string of the molecule is CC(NC(=O)C1CCCN1)c1nc(Cc2ccccc2)no1.Cl. The Balaban J connectivity index is 0.00000192. The maximum absolute atomic E-state index is 12.1. The van der Waals surface area contributed by atoms with Crippen molar-refractivity contribution in [1.29, 1.82) is 0 Å². The van der Waals surface area contributed by atoms with E-state index in [2.05, 4.69) is 20.8 Å². The van der Waals surface area contributed by atoms with E-state index in [1.165, 1.54) is 0 Å². The van der Waals surface area contributed by atoms with Crippen LogP contribution >= 0.6 is 12.4 Å². The van der Waals surface area contributed by atoms with E-state index in [1.54, 1.807) is 0 Å². The first-order chi connectivity index (χ1) is 10.7. The molecule has 0 aliphatic carbocycles. The average molecular weight is 337 g/mol. The van der Waals surface area contributed by atoms with E-state index in [-0.39, 0.29) is 30.4 Å². The smallest absolute Gasteiger partial charge is 0.248 e. The lowest BCUT2D eigenvalue weighted by atomic mass is 10.1. The van der Waals surface area contributed by atoms with Crippen molar-refractivity contribution < 1.29 is 9.32 Å². The first-order valence-electron chi connectivity index (χ1n) is 7.62. The summed E-state index contributed by atoms with van der Waals surface area (Å²) in [5.41, 5.74) is 1.13. The number of carbonyl (C=O) groups excluding carboxylic acids is 1. The fourth-order valence-corrected chi connectivity index (χ4v) is 2.58. The van der Waals surface area contributed by atoms with Gasteiger partial charge in [0.05, 0.1) is 6.04 Å². The Kier molecular flexibility index (Phi) is 6.12. The lowest BCUT2D eigenvalue weighted by Gasteiger charge is -2.14. The number of nitrogens with zero attached hydrogens (tertiary/aromatic N) is 2. The van der Waals surface area contributed by atoms with Crippen molar-refractivity contribution in [3.05, 3.63) is 47.6 Å². The van der Waals surface area contributed by atoms with Gasteiger partial charge in [-0.05, 0) is 31.9 Å². The molecule has 1 amide bonds. The monoisotopic (exact) mass is 336 g/mol. The van der Waals surface area contributed by atoms with Gasteiger partial charge in [-0.15, -0.1) is 12.4 Å². The second kappa shape index (κ2) is 8.08. The van der Waals surface area contributed by atoms with Crippen LogP contribution in [0.4, 0.5) is 0 Å². The van der Waals surface area contributed by atoms with Gasteiger partial charge in [0.25, 0.3) is 0 Å². The normalized spacial score (nSPS) is 18.2. The topological polar surface area (TPSA) is 80.0 Å². The van der Waals surface area contributed by atoms with Crippen LogP contribution in [0, 0.1) is 0 Å². The summed E-state index contributed by atoms with van der Waals surface area (Å²) in [6.45, 7) is 2.75. The molecular weight excluding hydrogens is 316 g/mol. The number of halogens is 1. The fourth-order valence-electron chi connectivity index (χ4n) is 2.58. The largest absolute Gasteiger partial charge is 0.343 e.